The van der Waals surface area contributed by atoms with Gasteiger partial charge in [0.05, 0.1) is 0 Å². The molecule has 4 rings (SSSR count). The Hall–Kier alpha value is -2.80. The Morgan fingerprint density at radius 2 is 1.68 bits per heavy atom. The molecule has 3 aromatic rings. The van der Waals surface area contributed by atoms with Crippen molar-refractivity contribution in [1.29, 1.82) is 0 Å². The minimum absolute atomic E-state index is 0.744. The van der Waals surface area contributed by atoms with Crippen LogP contribution in [0.15, 0.2) is 55.4 Å². The topological polar surface area (TPSA) is 63.0 Å². The van der Waals surface area contributed by atoms with E-state index in [-0.39, 0.29) is 0 Å². The number of hydrogen-bond donors (Lipinski definition) is 0. The summed E-state index contributed by atoms with van der Waals surface area (Å²) in [6.45, 7) is 5.15. The molecule has 25 heavy (non-hydrogen) atoms. The summed E-state index contributed by atoms with van der Waals surface area (Å²) in [6.07, 6.45) is 5.85. The third-order valence-electron chi connectivity index (χ3n) is 4.55. The number of piperazine rings is 1. The van der Waals surface area contributed by atoms with Gasteiger partial charge in [0.25, 0.3) is 0 Å². The van der Waals surface area contributed by atoms with Crippen molar-refractivity contribution in [1.82, 2.24) is 29.6 Å². The molecule has 7 heteroatoms. The first kappa shape index (κ1) is 15.7. The molecule has 0 spiro atoms. The maximum atomic E-state index is 4.43. The van der Waals surface area contributed by atoms with Crippen molar-refractivity contribution in [2.75, 3.05) is 37.6 Å². The van der Waals surface area contributed by atoms with Crippen LogP contribution in [0.5, 0.6) is 0 Å². The fraction of sp³-hybridized carbons (Fsp3) is 0.333. The Labute approximate surface area is 147 Å². The van der Waals surface area contributed by atoms with Gasteiger partial charge in [0.1, 0.15) is 24.8 Å². The number of aromatic nitrogens is 5. The van der Waals surface area contributed by atoms with Gasteiger partial charge in [-0.2, -0.15) is 5.10 Å². The third kappa shape index (κ3) is 3.83. The van der Waals surface area contributed by atoms with Crippen molar-refractivity contribution in [3.8, 4) is 5.82 Å². The van der Waals surface area contributed by atoms with E-state index in [1.165, 1.54) is 11.9 Å². The Balaban J connectivity index is 1.33. The second-order valence-corrected chi connectivity index (χ2v) is 6.14. The van der Waals surface area contributed by atoms with Crippen LogP contribution in [0.4, 0.5) is 5.82 Å². The van der Waals surface area contributed by atoms with E-state index in [1.807, 2.05) is 6.07 Å². The third-order valence-corrected chi connectivity index (χ3v) is 4.55. The number of benzene rings is 1. The van der Waals surface area contributed by atoms with Gasteiger partial charge in [-0.1, -0.05) is 30.3 Å². The maximum Gasteiger partial charge on any atom is 0.160 e. The smallest absolute Gasteiger partial charge is 0.160 e. The van der Waals surface area contributed by atoms with Crippen LogP contribution < -0.4 is 4.90 Å². The number of anilines is 1. The van der Waals surface area contributed by atoms with Gasteiger partial charge in [0.15, 0.2) is 5.82 Å². The number of rotatable bonds is 5. The van der Waals surface area contributed by atoms with Gasteiger partial charge in [-0.15, -0.1) is 0 Å². The normalized spacial score (nSPS) is 15.4. The zero-order valence-corrected chi connectivity index (χ0v) is 14.1. The van der Waals surface area contributed by atoms with E-state index >= 15 is 0 Å². The molecule has 0 aliphatic carbocycles. The van der Waals surface area contributed by atoms with Gasteiger partial charge in [0.2, 0.25) is 0 Å². The SMILES string of the molecule is c1ccc(CCN2CCN(c3cc(-n4cncn4)ncn3)CC2)cc1. The molecular formula is C18H21N7. The molecule has 0 unspecified atom stereocenters. The van der Waals surface area contributed by atoms with E-state index in [4.69, 9.17) is 0 Å². The zero-order valence-electron chi connectivity index (χ0n) is 14.1. The maximum absolute atomic E-state index is 4.43. The van der Waals surface area contributed by atoms with E-state index in [9.17, 15) is 0 Å². The summed E-state index contributed by atoms with van der Waals surface area (Å²) < 4.78 is 1.65. The van der Waals surface area contributed by atoms with Crippen molar-refractivity contribution < 1.29 is 0 Å². The van der Waals surface area contributed by atoms with Crippen molar-refractivity contribution in [2.45, 2.75) is 6.42 Å². The zero-order chi connectivity index (χ0) is 16.9. The van der Waals surface area contributed by atoms with E-state index in [2.05, 4.69) is 60.2 Å². The van der Waals surface area contributed by atoms with Crippen LogP contribution in [-0.2, 0) is 6.42 Å². The predicted molar refractivity (Wildman–Crippen MR) is 95.7 cm³/mol. The van der Waals surface area contributed by atoms with Gasteiger partial charge in [-0.25, -0.2) is 19.6 Å². The Kier molecular flexibility index (Phi) is 4.65. The first-order chi connectivity index (χ1) is 12.4. The highest BCUT2D eigenvalue weighted by Gasteiger charge is 2.18. The molecule has 0 amide bonds. The lowest BCUT2D eigenvalue weighted by Gasteiger charge is -2.35. The average Bonchev–Trinajstić information content (AvgIpc) is 3.23. The molecule has 0 saturated carbocycles. The number of nitrogens with zero attached hydrogens (tertiary/aromatic N) is 7. The molecular weight excluding hydrogens is 314 g/mol. The van der Waals surface area contributed by atoms with E-state index in [1.54, 1.807) is 17.3 Å². The summed E-state index contributed by atoms with van der Waals surface area (Å²) in [6, 6.07) is 12.6. The quantitative estimate of drug-likeness (QED) is 0.703. The predicted octanol–water partition coefficient (Wildman–Crippen LogP) is 1.42. The number of hydrogen-bond acceptors (Lipinski definition) is 6. The molecule has 1 aromatic carbocycles. The minimum atomic E-state index is 0.744. The van der Waals surface area contributed by atoms with Gasteiger partial charge < -0.3 is 4.90 Å². The molecule has 2 aromatic heterocycles. The highest BCUT2D eigenvalue weighted by Crippen LogP contribution is 2.15. The second kappa shape index (κ2) is 7.40. The lowest BCUT2D eigenvalue weighted by Crippen LogP contribution is -2.47. The molecule has 1 aliphatic heterocycles. The van der Waals surface area contributed by atoms with Crippen molar-refractivity contribution in [3.63, 3.8) is 0 Å². The van der Waals surface area contributed by atoms with Crippen LogP contribution in [0, 0.1) is 0 Å². The van der Waals surface area contributed by atoms with Crippen LogP contribution in [0.3, 0.4) is 0 Å². The molecule has 3 heterocycles. The Morgan fingerprint density at radius 1 is 0.880 bits per heavy atom. The second-order valence-electron chi connectivity index (χ2n) is 6.14. The summed E-state index contributed by atoms with van der Waals surface area (Å²) in [4.78, 5) is 17.5. The molecule has 1 fully saturated rings. The van der Waals surface area contributed by atoms with E-state index in [0.29, 0.717) is 0 Å². The fourth-order valence-corrected chi connectivity index (χ4v) is 3.09. The van der Waals surface area contributed by atoms with Crippen molar-refractivity contribution in [3.05, 3.63) is 60.9 Å². The molecule has 0 atom stereocenters. The van der Waals surface area contributed by atoms with E-state index < -0.39 is 0 Å². The van der Waals surface area contributed by atoms with Crippen molar-refractivity contribution >= 4 is 5.82 Å². The lowest BCUT2D eigenvalue weighted by atomic mass is 10.1. The Bertz CT molecular complexity index is 780. The van der Waals surface area contributed by atoms with Gasteiger partial charge in [0, 0.05) is 38.8 Å². The van der Waals surface area contributed by atoms with Crippen LogP contribution in [0.2, 0.25) is 0 Å². The fourth-order valence-electron chi connectivity index (χ4n) is 3.09. The molecule has 0 bridgehead atoms. The first-order valence-corrected chi connectivity index (χ1v) is 8.57. The van der Waals surface area contributed by atoms with E-state index in [0.717, 1.165) is 50.8 Å². The minimum Gasteiger partial charge on any atom is -0.354 e. The molecule has 0 radical (unpaired) electrons. The van der Waals surface area contributed by atoms with Crippen LogP contribution >= 0.6 is 0 Å². The van der Waals surface area contributed by atoms with Crippen LogP contribution in [0.25, 0.3) is 5.82 Å². The molecule has 1 saturated heterocycles. The summed E-state index contributed by atoms with van der Waals surface area (Å²) in [7, 11) is 0. The van der Waals surface area contributed by atoms with Gasteiger partial charge >= 0.3 is 0 Å². The monoisotopic (exact) mass is 335 g/mol. The largest absolute Gasteiger partial charge is 0.354 e. The summed E-state index contributed by atoms with van der Waals surface area (Å²) in [5, 5.41) is 4.13. The molecule has 0 N–H and O–H groups in total. The highest BCUT2D eigenvalue weighted by molar-refractivity contribution is 5.43. The summed E-state index contributed by atoms with van der Waals surface area (Å²) >= 11 is 0. The highest BCUT2D eigenvalue weighted by atomic mass is 15.4. The van der Waals surface area contributed by atoms with Crippen LogP contribution in [0.1, 0.15) is 5.56 Å². The van der Waals surface area contributed by atoms with Gasteiger partial charge in [-0.3, -0.25) is 4.90 Å². The summed E-state index contributed by atoms with van der Waals surface area (Å²) in [5.41, 5.74) is 1.40. The first-order valence-electron chi connectivity index (χ1n) is 8.57. The van der Waals surface area contributed by atoms with Gasteiger partial charge in [-0.05, 0) is 12.0 Å². The molecule has 128 valence electrons. The van der Waals surface area contributed by atoms with Crippen molar-refractivity contribution in [2.24, 2.45) is 0 Å². The lowest BCUT2D eigenvalue weighted by molar-refractivity contribution is 0.260. The average molecular weight is 335 g/mol. The molecule has 7 nitrogen and oxygen atoms in total. The Morgan fingerprint density at radius 3 is 2.44 bits per heavy atom. The molecule has 1 aliphatic rings. The summed E-state index contributed by atoms with van der Waals surface area (Å²) in [5.74, 6) is 1.69. The standard InChI is InChI=1S/C18H21N7/c1-2-4-16(5-3-1)6-7-23-8-10-24(11-9-23)17-12-18(21-14-20-17)25-15-19-13-22-25/h1-5,12-15H,6-11H2. The van der Waals surface area contributed by atoms with Crippen LogP contribution in [-0.4, -0.2) is 62.4 Å².